The van der Waals surface area contributed by atoms with Crippen LogP contribution in [0.5, 0.6) is 0 Å². The van der Waals surface area contributed by atoms with E-state index < -0.39 is 0 Å². The number of nitrogens with zero attached hydrogens (tertiary/aromatic N) is 2. The summed E-state index contributed by atoms with van der Waals surface area (Å²) in [5.74, 6) is 0.690. The zero-order valence-corrected chi connectivity index (χ0v) is 32.5. The first-order valence-corrected chi connectivity index (χ1v) is 21.9. The third kappa shape index (κ3) is 23.7. The molecule has 0 spiro atoms. The summed E-state index contributed by atoms with van der Waals surface area (Å²) in [6.07, 6.45) is 53.2. The molecule has 0 fully saturated rings. The van der Waals surface area contributed by atoms with E-state index in [4.69, 9.17) is 0 Å². The van der Waals surface area contributed by atoms with Crippen LogP contribution in [-0.2, 0) is 6.42 Å². The van der Waals surface area contributed by atoms with Crippen LogP contribution in [0.2, 0.25) is 0 Å². The number of imidazole rings is 1. The van der Waals surface area contributed by atoms with E-state index in [0.717, 1.165) is 0 Å². The van der Waals surface area contributed by atoms with Crippen molar-refractivity contribution < 1.29 is 0 Å². The van der Waals surface area contributed by atoms with Crippen molar-refractivity contribution in [1.29, 1.82) is 0 Å². The Morgan fingerprint density at radius 1 is 0.458 bits per heavy atom. The number of rotatable bonds is 36. The lowest BCUT2D eigenvalue weighted by Crippen LogP contribution is -2.21. The molecule has 0 amide bonds. The van der Waals surface area contributed by atoms with Gasteiger partial charge in [0.1, 0.15) is 0 Å². The Kier molecular flexibility index (Phi) is 29.0. The van der Waals surface area contributed by atoms with Crippen molar-refractivity contribution in [2.24, 2.45) is 5.92 Å². The second-order valence-electron chi connectivity index (χ2n) is 15.5. The number of unbranched alkanes of at least 4 members (excludes halogenated alkanes) is 28. The van der Waals surface area contributed by atoms with Crippen LogP contribution in [-0.4, -0.2) is 9.55 Å². The maximum absolute atomic E-state index is 4.49. The first-order valence-electron chi connectivity index (χ1n) is 21.9. The first-order chi connectivity index (χ1) is 23.8. The van der Waals surface area contributed by atoms with Gasteiger partial charge in [0.15, 0.2) is 0 Å². The van der Waals surface area contributed by atoms with E-state index in [1.807, 2.05) is 6.20 Å². The summed E-state index contributed by atoms with van der Waals surface area (Å²) >= 11 is 0. The van der Waals surface area contributed by atoms with Crippen LogP contribution < -0.4 is 0 Å². The van der Waals surface area contributed by atoms with Crippen molar-refractivity contribution in [3.05, 3.63) is 54.6 Å². The zero-order valence-electron chi connectivity index (χ0n) is 32.5. The molecule has 0 aliphatic carbocycles. The quantitative estimate of drug-likeness (QED) is 0.0664. The third-order valence-corrected chi connectivity index (χ3v) is 11.1. The van der Waals surface area contributed by atoms with E-state index in [0.29, 0.717) is 12.0 Å². The van der Waals surface area contributed by atoms with Crippen LogP contribution >= 0.6 is 0 Å². The minimum atomic E-state index is 0.571. The fraction of sp³-hybridized carbons (Fsp3) is 0.804. The Morgan fingerprint density at radius 3 is 1.21 bits per heavy atom. The first kappa shape index (κ1) is 42.6. The number of hydrogen-bond acceptors (Lipinski definition) is 1. The minimum Gasteiger partial charge on any atom is -0.334 e. The highest BCUT2D eigenvalue weighted by Gasteiger charge is 2.23. The summed E-state index contributed by atoms with van der Waals surface area (Å²) in [4.78, 5) is 4.49. The van der Waals surface area contributed by atoms with Crippen LogP contribution in [0.1, 0.15) is 231 Å². The lowest BCUT2D eigenvalue weighted by atomic mass is 9.84. The molecule has 1 heterocycles. The fourth-order valence-electron chi connectivity index (χ4n) is 7.94. The third-order valence-electron chi connectivity index (χ3n) is 11.1. The lowest BCUT2D eigenvalue weighted by molar-refractivity contribution is 0.275. The van der Waals surface area contributed by atoms with Crippen molar-refractivity contribution in [3.8, 4) is 0 Å². The maximum atomic E-state index is 4.49. The van der Waals surface area contributed by atoms with Gasteiger partial charge in [-0.1, -0.05) is 237 Å². The second-order valence-corrected chi connectivity index (χ2v) is 15.5. The molecule has 0 aliphatic heterocycles. The molecule has 1 aromatic carbocycles. The van der Waals surface area contributed by atoms with E-state index in [1.54, 1.807) is 0 Å². The summed E-state index contributed by atoms with van der Waals surface area (Å²) in [5.41, 5.74) is 1.50. The Labute approximate surface area is 301 Å². The summed E-state index contributed by atoms with van der Waals surface area (Å²) in [5, 5.41) is 0. The highest BCUT2D eigenvalue weighted by molar-refractivity contribution is 5.15. The number of hydrogen-bond donors (Lipinski definition) is 0. The molecule has 0 N–H and O–H groups in total. The Bertz CT molecular complexity index is 875. The van der Waals surface area contributed by atoms with Gasteiger partial charge in [-0.05, 0) is 30.7 Å². The average Bonchev–Trinajstić information content (AvgIpc) is 3.65. The largest absolute Gasteiger partial charge is 0.334 e. The standard InChI is InChI=1S/C46H82N2/c1-3-5-7-9-11-13-15-17-18-19-20-22-24-26-28-30-35-39-46(48-41-40-47-43-48)45(42-44-36-32-31-33-37-44)38-34-29-27-25-23-21-16-14-12-10-8-6-4-2/h31-33,36-37,40-41,43,45-46H,3-30,34-35,38-39,42H2,1-2H3. The molecule has 2 aromatic rings. The molecule has 2 nitrogen and oxygen atoms in total. The molecule has 2 heteroatoms. The predicted octanol–water partition coefficient (Wildman–Crippen LogP) is 15.8. The van der Waals surface area contributed by atoms with Crippen molar-refractivity contribution >= 4 is 0 Å². The fourth-order valence-corrected chi connectivity index (χ4v) is 7.94. The maximum Gasteiger partial charge on any atom is 0.0948 e. The number of benzene rings is 1. The van der Waals surface area contributed by atoms with E-state index in [1.165, 1.54) is 217 Å². The van der Waals surface area contributed by atoms with Crippen LogP contribution in [0.3, 0.4) is 0 Å². The van der Waals surface area contributed by atoms with Crippen LogP contribution in [0, 0.1) is 5.92 Å². The highest BCUT2D eigenvalue weighted by Crippen LogP contribution is 2.32. The van der Waals surface area contributed by atoms with Crippen molar-refractivity contribution in [3.63, 3.8) is 0 Å². The Morgan fingerprint density at radius 2 is 0.833 bits per heavy atom. The normalized spacial score (nSPS) is 12.9. The molecule has 0 bridgehead atoms. The predicted molar refractivity (Wildman–Crippen MR) is 214 cm³/mol. The SMILES string of the molecule is CCCCCCCCCCCCCCCCCCCC(C(CCCCCCCCCCCCCCC)Cc1ccccc1)n1ccnc1. The van der Waals surface area contributed by atoms with Crippen LogP contribution in [0.15, 0.2) is 49.1 Å². The molecule has 0 saturated heterocycles. The molecule has 2 atom stereocenters. The van der Waals surface area contributed by atoms with Gasteiger partial charge in [-0.25, -0.2) is 4.98 Å². The van der Waals surface area contributed by atoms with E-state index >= 15 is 0 Å². The molecule has 1 aromatic heterocycles. The van der Waals surface area contributed by atoms with Gasteiger partial charge in [0.05, 0.1) is 6.33 Å². The summed E-state index contributed by atoms with van der Waals surface area (Å²) in [6.45, 7) is 4.62. The van der Waals surface area contributed by atoms with Gasteiger partial charge in [0.2, 0.25) is 0 Å². The second kappa shape index (κ2) is 32.6. The topological polar surface area (TPSA) is 17.8 Å². The van der Waals surface area contributed by atoms with Crippen molar-refractivity contribution in [2.45, 2.75) is 232 Å². The van der Waals surface area contributed by atoms with Gasteiger partial charge in [0, 0.05) is 18.4 Å². The molecule has 2 unspecified atom stereocenters. The van der Waals surface area contributed by atoms with Gasteiger partial charge < -0.3 is 4.57 Å². The Hall–Kier alpha value is -1.57. The lowest BCUT2D eigenvalue weighted by Gasteiger charge is -2.29. The monoisotopic (exact) mass is 663 g/mol. The smallest absolute Gasteiger partial charge is 0.0948 e. The van der Waals surface area contributed by atoms with Gasteiger partial charge >= 0.3 is 0 Å². The van der Waals surface area contributed by atoms with Gasteiger partial charge in [0.25, 0.3) is 0 Å². The van der Waals surface area contributed by atoms with E-state index in [-0.39, 0.29) is 0 Å². The summed E-state index contributed by atoms with van der Waals surface area (Å²) < 4.78 is 2.46. The van der Waals surface area contributed by atoms with Crippen LogP contribution in [0.25, 0.3) is 0 Å². The average molecular weight is 663 g/mol. The highest BCUT2D eigenvalue weighted by atomic mass is 15.1. The molecule has 0 saturated carbocycles. The summed E-state index contributed by atoms with van der Waals surface area (Å²) in [6, 6.07) is 11.9. The van der Waals surface area contributed by atoms with Gasteiger partial charge in [-0.2, -0.15) is 0 Å². The molecule has 2 rings (SSSR count). The molecule has 276 valence electrons. The number of aromatic nitrogens is 2. The summed E-state index contributed by atoms with van der Waals surface area (Å²) in [7, 11) is 0. The Balaban J connectivity index is 1.62. The molecular weight excluding hydrogens is 581 g/mol. The molecular formula is C46H82N2. The van der Waals surface area contributed by atoms with Crippen molar-refractivity contribution in [2.75, 3.05) is 0 Å². The van der Waals surface area contributed by atoms with Gasteiger partial charge in [-0.3, -0.25) is 0 Å². The molecule has 48 heavy (non-hydrogen) atoms. The molecule has 0 aliphatic rings. The minimum absolute atomic E-state index is 0.571. The van der Waals surface area contributed by atoms with Crippen molar-refractivity contribution in [1.82, 2.24) is 9.55 Å². The molecule has 0 radical (unpaired) electrons. The van der Waals surface area contributed by atoms with Crippen LogP contribution in [0.4, 0.5) is 0 Å². The van der Waals surface area contributed by atoms with E-state index in [9.17, 15) is 0 Å². The zero-order chi connectivity index (χ0) is 34.0. The van der Waals surface area contributed by atoms with E-state index in [2.05, 4.69) is 66.3 Å². The van der Waals surface area contributed by atoms with Gasteiger partial charge in [-0.15, -0.1) is 0 Å².